The zero-order valence-electron chi connectivity index (χ0n) is 17.0. The van der Waals surface area contributed by atoms with Crippen molar-refractivity contribution in [2.24, 2.45) is 10.1 Å². The molecule has 0 aliphatic rings. The molecule has 11 heteroatoms. The maximum Gasteiger partial charge on any atom is 0.267 e. The van der Waals surface area contributed by atoms with Crippen LogP contribution in [-0.4, -0.2) is 45.7 Å². The molecule has 0 fully saturated rings. The standard InChI is InChI=1S/C20H20N4O5S2/c1-27-16-11-13(12-17(28-2)18(16)29-3)9-10-15(14-7-5-4-6-8-14)22-19-23-24-20(30-19)31(21,25)26/h4-12H,1-3H3,(H2,21,25,26)/b10-9+,22-15-. The van der Waals surface area contributed by atoms with Crippen LogP contribution < -0.4 is 19.3 Å². The quantitative estimate of drug-likeness (QED) is 0.512. The van der Waals surface area contributed by atoms with E-state index < -0.39 is 10.0 Å². The summed E-state index contributed by atoms with van der Waals surface area (Å²) in [5.74, 6) is 1.52. The smallest absolute Gasteiger partial charge is 0.267 e. The predicted octanol–water partition coefficient (Wildman–Crippen LogP) is 3.05. The van der Waals surface area contributed by atoms with Crippen LogP contribution in [0.4, 0.5) is 5.13 Å². The summed E-state index contributed by atoms with van der Waals surface area (Å²) < 4.78 is 38.8. The van der Waals surface area contributed by atoms with Crippen molar-refractivity contribution in [1.29, 1.82) is 0 Å². The number of rotatable bonds is 8. The summed E-state index contributed by atoms with van der Waals surface area (Å²) in [6.07, 6.45) is 3.59. The number of sulfonamides is 1. The van der Waals surface area contributed by atoms with Crippen LogP contribution in [0.5, 0.6) is 17.2 Å². The summed E-state index contributed by atoms with van der Waals surface area (Å²) in [4.78, 5) is 4.46. The highest BCUT2D eigenvalue weighted by molar-refractivity contribution is 7.91. The summed E-state index contributed by atoms with van der Waals surface area (Å²) in [5, 5.41) is 12.7. The van der Waals surface area contributed by atoms with E-state index in [1.165, 1.54) is 7.11 Å². The number of benzene rings is 2. The first kappa shape index (κ1) is 22.4. The number of allylic oxidation sites excluding steroid dienone is 1. The van der Waals surface area contributed by atoms with Crippen molar-refractivity contribution in [1.82, 2.24) is 10.2 Å². The number of ether oxygens (including phenoxy) is 3. The number of hydrogen-bond acceptors (Lipinski definition) is 9. The van der Waals surface area contributed by atoms with Crippen molar-refractivity contribution in [3.8, 4) is 17.2 Å². The van der Waals surface area contributed by atoms with Crippen LogP contribution >= 0.6 is 11.3 Å². The van der Waals surface area contributed by atoms with E-state index in [9.17, 15) is 8.42 Å². The van der Waals surface area contributed by atoms with Gasteiger partial charge in [0.2, 0.25) is 15.2 Å². The van der Waals surface area contributed by atoms with Crippen molar-refractivity contribution < 1.29 is 22.6 Å². The molecule has 0 aliphatic heterocycles. The van der Waals surface area contributed by atoms with Gasteiger partial charge in [-0.2, -0.15) is 0 Å². The normalized spacial score (nSPS) is 12.2. The number of aliphatic imine (C=N–C) groups is 1. The minimum Gasteiger partial charge on any atom is -0.493 e. The molecule has 0 saturated heterocycles. The van der Waals surface area contributed by atoms with E-state index in [2.05, 4.69) is 15.2 Å². The molecule has 0 bridgehead atoms. The Labute approximate surface area is 183 Å². The van der Waals surface area contributed by atoms with Gasteiger partial charge in [-0.25, -0.2) is 18.5 Å². The minimum absolute atomic E-state index is 0.164. The summed E-state index contributed by atoms with van der Waals surface area (Å²) >= 11 is 0.788. The third kappa shape index (κ3) is 5.45. The monoisotopic (exact) mass is 460 g/mol. The molecule has 0 atom stereocenters. The molecule has 9 nitrogen and oxygen atoms in total. The molecule has 0 aliphatic carbocycles. The summed E-state index contributed by atoms with van der Waals surface area (Å²) in [6, 6.07) is 13.0. The zero-order valence-corrected chi connectivity index (χ0v) is 18.6. The van der Waals surface area contributed by atoms with E-state index in [0.717, 1.165) is 22.5 Å². The topological polar surface area (TPSA) is 126 Å². The molecule has 0 spiro atoms. The van der Waals surface area contributed by atoms with Crippen LogP contribution in [0.15, 0.2) is 57.9 Å². The molecule has 0 unspecified atom stereocenters. The maximum absolute atomic E-state index is 11.5. The average Bonchev–Trinajstić information content (AvgIpc) is 3.25. The average molecular weight is 461 g/mol. The van der Waals surface area contributed by atoms with E-state index in [4.69, 9.17) is 19.3 Å². The van der Waals surface area contributed by atoms with Crippen LogP contribution in [-0.2, 0) is 10.0 Å². The first-order chi connectivity index (χ1) is 14.9. The lowest BCUT2D eigenvalue weighted by atomic mass is 10.1. The second kappa shape index (κ2) is 9.69. The molecule has 1 aromatic heterocycles. The second-order valence-corrected chi connectivity index (χ2v) is 8.74. The van der Waals surface area contributed by atoms with Gasteiger partial charge in [0.15, 0.2) is 11.5 Å². The first-order valence-electron chi connectivity index (χ1n) is 8.84. The maximum atomic E-state index is 11.5. The molecule has 2 N–H and O–H groups in total. The number of hydrogen-bond donors (Lipinski definition) is 1. The van der Waals surface area contributed by atoms with Gasteiger partial charge < -0.3 is 14.2 Å². The highest BCUT2D eigenvalue weighted by atomic mass is 32.2. The van der Waals surface area contributed by atoms with Gasteiger partial charge in [0.25, 0.3) is 10.0 Å². The molecule has 3 aromatic rings. The van der Waals surface area contributed by atoms with Gasteiger partial charge in [-0.1, -0.05) is 47.7 Å². The SMILES string of the molecule is COc1cc(/C=C/C(=N/c2nnc(S(N)(=O)=O)s2)c2ccccc2)cc(OC)c1OC. The molecule has 2 aromatic carbocycles. The van der Waals surface area contributed by atoms with Gasteiger partial charge in [-0.15, -0.1) is 10.2 Å². The number of methoxy groups -OCH3 is 3. The minimum atomic E-state index is -3.94. The highest BCUT2D eigenvalue weighted by Crippen LogP contribution is 2.38. The number of nitrogens with zero attached hydrogens (tertiary/aromatic N) is 3. The van der Waals surface area contributed by atoms with Crippen LogP contribution in [0.3, 0.4) is 0 Å². The van der Waals surface area contributed by atoms with Crippen LogP contribution in [0.2, 0.25) is 0 Å². The fraction of sp³-hybridized carbons (Fsp3) is 0.150. The van der Waals surface area contributed by atoms with Gasteiger partial charge in [0.1, 0.15) is 0 Å². The molecule has 3 rings (SSSR count). The van der Waals surface area contributed by atoms with Gasteiger partial charge in [-0.05, 0) is 23.8 Å². The van der Waals surface area contributed by atoms with Gasteiger partial charge in [0.05, 0.1) is 27.0 Å². The van der Waals surface area contributed by atoms with Crippen molar-refractivity contribution in [2.75, 3.05) is 21.3 Å². The van der Waals surface area contributed by atoms with E-state index in [1.54, 1.807) is 32.4 Å². The number of aromatic nitrogens is 2. The Kier molecular flexibility index (Phi) is 7.00. The molecular weight excluding hydrogens is 440 g/mol. The third-order valence-electron chi connectivity index (χ3n) is 4.05. The summed E-state index contributed by atoms with van der Waals surface area (Å²) in [5.41, 5.74) is 2.13. The van der Waals surface area contributed by atoms with Gasteiger partial charge in [0, 0.05) is 5.56 Å². The van der Waals surface area contributed by atoms with Crippen molar-refractivity contribution in [2.45, 2.75) is 4.34 Å². The Hall–Kier alpha value is -3.28. The van der Waals surface area contributed by atoms with E-state index >= 15 is 0 Å². The van der Waals surface area contributed by atoms with E-state index in [0.29, 0.717) is 23.0 Å². The number of nitrogens with two attached hydrogens (primary N) is 1. The largest absolute Gasteiger partial charge is 0.493 e. The van der Waals surface area contributed by atoms with Crippen LogP contribution in [0, 0.1) is 0 Å². The van der Waals surface area contributed by atoms with E-state index in [1.807, 2.05) is 36.4 Å². The van der Waals surface area contributed by atoms with Crippen molar-refractivity contribution in [3.05, 3.63) is 59.7 Å². The molecule has 162 valence electrons. The Morgan fingerprint density at radius 2 is 1.68 bits per heavy atom. The zero-order chi connectivity index (χ0) is 22.4. The lowest BCUT2D eigenvalue weighted by molar-refractivity contribution is 0.324. The molecular formula is C20H20N4O5S2. The molecule has 1 heterocycles. The molecule has 0 amide bonds. The van der Waals surface area contributed by atoms with Gasteiger partial charge in [-0.3, -0.25) is 0 Å². The first-order valence-corrected chi connectivity index (χ1v) is 11.2. The predicted molar refractivity (Wildman–Crippen MR) is 119 cm³/mol. The molecule has 0 radical (unpaired) electrons. The van der Waals surface area contributed by atoms with Crippen molar-refractivity contribution in [3.63, 3.8) is 0 Å². The van der Waals surface area contributed by atoms with E-state index in [-0.39, 0.29) is 9.47 Å². The van der Waals surface area contributed by atoms with Crippen LogP contribution in [0.25, 0.3) is 6.08 Å². The Bertz CT molecular complexity index is 1200. The summed E-state index contributed by atoms with van der Waals surface area (Å²) in [7, 11) is 0.678. The highest BCUT2D eigenvalue weighted by Gasteiger charge is 2.15. The Morgan fingerprint density at radius 3 is 2.19 bits per heavy atom. The Morgan fingerprint density at radius 1 is 1.03 bits per heavy atom. The second-order valence-electron chi connectivity index (χ2n) is 6.05. The van der Waals surface area contributed by atoms with Gasteiger partial charge >= 0.3 is 0 Å². The lowest BCUT2D eigenvalue weighted by Crippen LogP contribution is -2.11. The fourth-order valence-corrected chi connectivity index (χ4v) is 3.95. The molecule has 31 heavy (non-hydrogen) atoms. The Balaban J connectivity index is 2.04. The van der Waals surface area contributed by atoms with Crippen molar-refractivity contribution >= 4 is 38.3 Å². The summed E-state index contributed by atoms with van der Waals surface area (Å²) in [6.45, 7) is 0. The lowest BCUT2D eigenvalue weighted by Gasteiger charge is -2.12. The fourth-order valence-electron chi connectivity index (χ4n) is 2.65. The van der Waals surface area contributed by atoms with Crippen LogP contribution in [0.1, 0.15) is 11.1 Å². The molecule has 0 saturated carbocycles. The number of primary sulfonamides is 1. The third-order valence-corrected chi connectivity index (χ3v) is 6.17.